The average Bonchev–Trinajstić information content (AvgIpc) is 2.97. The molecular formula is C13H12N4O4. The highest BCUT2D eigenvalue weighted by Gasteiger charge is 2.12. The van der Waals surface area contributed by atoms with Gasteiger partial charge in [-0.3, -0.25) is 4.57 Å². The second-order valence-corrected chi connectivity index (χ2v) is 4.03. The average molecular weight is 288 g/mol. The molecule has 8 heteroatoms. The largest absolute Gasteiger partial charge is 0.490 e. The van der Waals surface area contributed by atoms with Crippen molar-refractivity contribution in [1.82, 2.24) is 9.55 Å². The number of hydrogen-bond donors (Lipinski definition) is 0. The monoisotopic (exact) mass is 288 g/mol. The van der Waals surface area contributed by atoms with Gasteiger partial charge in [0, 0.05) is 13.2 Å². The quantitative estimate of drug-likeness (QED) is 0.455. The van der Waals surface area contributed by atoms with E-state index in [4.69, 9.17) is 14.7 Å². The topological polar surface area (TPSA) is 103 Å². The van der Waals surface area contributed by atoms with Gasteiger partial charge in [0.2, 0.25) is 6.33 Å². The van der Waals surface area contributed by atoms with Gasteiger partial charge >= 0.3 is 5.82 Å². The normalized spacial score (nSPS) is 10.1. The van der Waals surface area contributed by atoms with Gasteiger partial charge in [-0.05, 0) is 22.0 Å². The number of rotatable bonds is 6. The van der Waals surface area contributed by atoms with Gasteiger partial charge in [-0.2, -0.15) is 5.26 Å². The molecule has 0 spiro atoms. The Labute approximate surface area is 120 Å². The minimum Gasteiger partial charge on any atom is -0.490 e. The highest BCUT2D eigenvalue weighted by Crippen LogP contribution is 2.23. The minimum absolute atomic E-state index is 0.249. The molecule has 0 radical (unpaired) electrons. The van der Waals surface area contributed by atoms with Crippen LogP contribution >= 0.6 is 0 Å². The second kappa shape index (κ2) is 6.49. The maximum atomic E-state index is 10.6. The Morgan fingerprint density at radius 2 is 2.29 bits per heavy atom. The summed E-state index contributed by atoms with van der Waals surface area (Å²) in [6, 6.07) is 6.90. The van der Waals surface area contributed by atoms with Crippen LogP contribution in [-0.2, 0) is 4.74 Å². The molecule has 2 rings (SSSR count). The van der Waals surface area contributed by atoms with E-state index in [-0.39, 0.29) is 5.82 Å². The molecule has 0 aliphatic rings. The van der Waals surface area contributed by atoms with E-state index in [0.717, 1.165) is 0 Å². The first kappa shape index (κ1) is 14.5. The van der Waals surface area contributed by atoms with E-state index in [0.29, 0.717) is 30.2 Å². The molecule has 0 N–H and O–H groups in total. The van der Waals surface area contributed by atoms with Crippen LogP contribution in [0.1, 0.15) is 5.56 Å². The van der Waals surface area contributed by atoms with Crippen LogP contribution in [0.15, 0.2) is 30.7 Å². The Hall–Kier alpha value is -2.92. The maximum Gasteiger partial charge on any atom is 0.381 e. The first-order valence-corrected chi connectivity index (χ1v) is 6.00. The number of ether oxygens (including phenoxy) is 2. The number of methoxy groups -OCH3 is 1. The van der Waals surface area contributed by atoms with Crippen molar-refractivity contribution in [3.8, 4) is 17.5 Å². The fraction of sp³-hybridized carbons (Fsp3) is 0.231. The lowest BCUT2D eigenvalue weighted by Crippen LogP contribution is -2.06. The van der Waals surface area contributed by atoms with Crippen LogP contribution in [0.25, 0.3) is 5.69 Å². The molecule has 0 unspecified atom stereocenters. The third kappa shape index (κ3) is 3.34. The van der Waals surface area contributed by atoms with Gasteiger partial charge in [-0.1, -0.05) is 0 Å². The van der Waals surface area contributed by atoms with Crippen molar-refractivity contribution < 1.29 is 14.4 Å². The van der Waals surface area contributed by atoms with Gasteiger partial charge in [-0.25, -0.2) is 0 Å². The van der Waals surface area contributed by atoms with Gasteiger partial charge in [0.1, 0.15) is 24.6 Å². The summed E-state index contributed by atoms with van der Waals surface area (Å²) in [7, 11) is 1.55. The van der Waals surface area contributed by atoms with Gasteiger partial charge in [-0.15, -0.1) is 0 Å². The number of nitriles is 1. The van der Waals surface area contributed by atoms with Crippen LogP contribution in [0.4, 0.5) is 5.82 Å². The Bertz CT molecular complexity index is 690. The molecule has 0 fully saturated rings. The van der Waals surface area contributed by atoms with Crippen molar-refractivity contribution in [2.24, 2.45) is 0 Å². The molecule has 0 amide bonds. The first-order chi connectivity index (χ1) is 10.2. The smallest absolute Gasteiger partial charge is 0.381 e. The summed E-state index contributed by atoms with van der Waals surface area (Å²) in [6.07, 6.45) is 2.62. The van der Waals surface area contributed by atoms with Crippen LogP contribution in [0, 0.1) is 21.4 Å². The van der Waals surface area contributed by atoms with E-state index in [1.807, 2.05) is 6.07 Å². The fourth-order valence-electron chi connectivity index (χ4n) is 1.67. The van der Waals surface area contributed by atoms with Crippen molar-refractivity contribution >= 4 is 5.82 Å². The second-order valence-electron chi connectivity index (χ2n) is 4.03. The van der Waals surface area contributed by atoms with Crippen molar-refractivity contribution in [3.05, 3.63) is 46.4 Å². The predicted molar refractivity (Wildman–Crippen MR) is 72.3 cm³/mol. The zero-order valence-corrected chi connectivity index (χ0v) is 11.2. The Morgan fingerprint density at radius 1 is 1.48 bits per heavy atom. The van der Waals surface area contributed by atoms with Crippen molar-refractivity contribution in [1.29, 1.82) is 5.26 Å². The Morgan fingerprint density at radius 3 is 2.90 bits per heavy atom. The third-order valence-corrected chi connectivity index (χ3v) is 2.68. The van der Waals surface area contributed by atoms with Crippen LogP contribution in [0.5, 0.6) is 5.75 Å². The highest BCUT2D eigenvalue weighted by molar-refractivity contribution is 5.50. The van der Waals surface area contributed by atoms with Crippen molar-refractivity contribution in [2.45, 2.75) is 0 Å². The summed E-state index contributed by atoms with van der Waals surface area (Å²) in [6.45, 7) is 0.699. The minimum atomic E-state index is -0.573. The molecule has 2 aromatic rings. The summed E-state index contributed by atoms with van der Waals surface area (Å²) in [5.41, 5.74) is 0.992. The van der Waals surface area contributed by atoms with Gasteiger partial charge in [0.25, 0.3) is 0 Å². The molecule has 0 bridgehead atoms. The molecule has 8 nitrogen and oxygen atoms in total. The van der Waals surface area contributed by atoms with Crippen LogP contribution in [0.3, 0.4) is 0 Å². The predicted octanol–water partition coefficient (Wildman–Crippen LogP) is 1.68. The SMILES string of the molecule is COCCOc1cc(-n2cnc([N+](=O)[O-])c2)ccc1C#N. The Balaban J connectivity index is 2.29. The summed E-state index contributed by atoms with van der Waals surface area (Å²) < 4.78 is 11.8. The lowest BCUT2D eigenvalue weighted by molar-refractivity contribution is -0.389. The first-order valence-electron chi connectivity index (χ1n) is 6.00. The van der Waals surface area contributed by atoms with Gasteiger partial charge in [0.15, 0.2) is 0 Å². The molecule has 0 saturated carbocycles. The molecule has 21 heavy (non-hydrogen) atoms. The van der Waals surface area contributed by atoms with E-state index in [1.54, 1.807) is 25.3 Å². The van der Waals surface area contributed by atoms with E-state index in [9.17, 15) is 10.1 Å². The number of nitrogens with zero attached hydrogens (tertiary/aromatic N) is 4. The van der Waals surface area contributed by atoms with Gasteiger partial charge in [0.05, 0.1) is 17.9 Å². The lowest BCUT2D eigenvalue weighted by Gasteiger charge is -2.09. The van der Waals surface area contributed by atoms with Crippen LogP contribution < -0.4 is 4.74 Å². The molecule has 0 aliphatic carbocycles. The molecule has 0 atom stereocenters. The molecule has 108 valence electrons. The molecular weight excluding hydrogens is 276 g/mol. The zero-order valence-electron chi connectivity index (χ0n) is 11.2. The highest BCUT2D eigenvalue weighted by atomic mass is 16.6. The number of imidazole rings is 1. The molecule has 1 aromatic heterocycles. The number of nitro groups is 1. The van der Waals surface area contributed by atoms with Crippen LogP contribution in [0.2, 0.25) is 0 Å². The van der Waals surface area contributed by atoms with E-state index in [1.165, 1.54) is 17.1 Å². The van der Waals surface area contributed by atoms with Crippen LogP contribution in [-0.4, -0.2) is 34.8 Å². The summed E-state index contributed by atoms with van der Waals surface area (Å²) in [5.74, 6) is 0.143. The number of benzene rings is 1. The van der Waals surface area contributed by atoms with Crippen molar-refractivity contribution in [2.75, 3.05) is 20.3 Å². The summed E-state index contributed by atoms with van der Waals surface area (Å²) in [4.78, 5) is 13.7. The summed E-state index contributed by atoms with van der Waals surface area (Å²) >= 11 is 0. The standard InChI is InChI=1S/C13H12N4O4/c1-20-4-5-21-12-6-11(3-2-10(12)7-14)16-8-13(15-9-16)17(18)19/h2-3,6,8-9H,4-5H2,1H3. The third-order valence-electron chi connectivity index (χ3n) is 2.68. The lowest BCUT2D eigenvalue weighted by atomic mass is 10.2. The fourth-order valence-corrected chi connectivity index (χ4v) is 1.67. The molecule has 1 heterocycles. The number of hydrogen-bond acceptors (Lipinski definition) is 6. The molecule has 1 aromatic carbocycles. The number of aromatic nitrogens is 2. The maximum absolute atomic E-state index is 10.6. The molecule has 0 aliphatic heterocycles. The van der Waals surface area contributed by atoms with Crippen molar-refractivity contribution in [3.63, 3.8) is 0 Å². The zero-order chi connectivity index (χ0) is 15.2. The molecule has 0 saturated heterocycles. The van der Waals surface area contributed by atoms with E-state index >= 15 is 0 Å². The summed E-state index contributed by atoms with van der Waals surface area (Å²) in [5, 5.41) is 19.7. The van der Waals surface area contributed by atoms with E-state index in [2.05, 4.69) is 4.98 Å². The Kier molecular flexibility index (Phi) is 4.48. The van der Waals surface area contributed by atoms with E-state index < -0.39 is 4.92 Å². The van der Waals surface area contributed by atoms with Gasteiger partial charge < -0.3 is 19.6 Å².